The zero-order valence-electron chi connectivity index (χ0n) is 15.7. The molecule has 2 aromatic rings. The van der Waals surface area contributed by atoms with Gasteiger partial charge in [-0.15, -0.1) is 0 Å². The van der Waals surface area contributed by atoms with Gasteiger partial charge in [0.25, 0.3) is 0 Å². The SMILES string of the molecule is COc1ccccc1COC[C@H](O)CN1CCN(c2cccc(Cl)c2)CC1. The maximum atomic E-state index is 10.3. The van der Waals surface area contributed by atoms with E-state index in [1.165, 1.54) is 0 Å². The van der Waals surface area contributed by atoms with Gasteiger partial charge in [-0.25, -0.2) is 0 Å². The molecule has 0 bridgehead atoms. The number of halogens is 1. The zero-order chi connectivity index (χ0) is 19.1. The second kappa shape index (κ2) is 9.95. The molecule has 0 aromatic heterocycles. The summed E-state index contributed by atoms with van der Waals surface area (Å²) < 4.78 is 11.0. The quantitative estimate of drug-likeness (QED) is 0.750. The molecule has 3 rings (SSSR count). The number of aliphatic hydroxyl groups is 1. The van der Waals surface area contributed by atoms with Crippen molar-refractivity contribution in [3.8, 4) is 5.75 Å². The molecule has 0 radical (unpaired) electrons. The Morgan fingerprint density at radius 1 is 1.07 bits per heavy atom. The van der Waals surface area contributed by atoms with E-state index in [9.17, 15) is 5.11 Å². The summed E-state index contributed by atoms with van der Waals surface area (Å²) in [6, 6.07) is 15.7. The highest BCUT2D eigenvalue weighted by Crippen LogP contribution is 2.21. The van der Waals surface area contributed by atoms with E-state index in [4.69, 9.17) is 21.1 Å². The van der Waals surface area contributed by atoms with Crippen molar-refractivity contribution in [2.45, 2.75) is 12.7 Å². The first-order valence-electron chi connectivity index (χ1n) is 9.26. The van der Waals surface area contributed by atoms with E-state index in [0.717, 1.165) is 48.2 Å². The minimum atomic E-state index is -0.502. The third-order valence-electron chi connectivity index (χ3n) is 4.77. The second-order valence-corrected chi connectivity index (χ2v) is 7.18. The molecule has 27 heavy (non-hydrogen) atoms. The number of methoxy groups -OCH3 is 1. The molecule has 5 nitrogen and oxygen atoms in total. The average molecular weight is 391 g/mol. The maximum Gasteiger partial charge on any atom is 0.124 e. The van der Waals surface area contributed by atoms with Crippen LogP contribution in [0.25, 0.3) is 0 Å². The van der Waals surface area contributed by atoms with Gasteiger partial charge in [0.2, 0.25) is 0 Å². The first-order valence-corrected chi connectivity index (χ1v) is 9.64. The molecule has 1 N–H and O–H groups in total. The lowest BCUT2D eigenvalue weighted by Crippen LogP contribution is -2.49. The Morgan fingerprint density at radius 3 is 2.59 bits per heavy atom. The lowest BCUT2D eigenvalue weighted by atomic mass is 10.2. The first kappa shape index (κ1) is 20.0. The Hall–Kier alpha value is -1.79. The van der Waals surface area contributed by atoms with Crippen LogP contribution in [0.5, 0.6) is 5.75 Å². The summed E-state index contributed by atoms with van der Waals surface area (Å²) in [6.45, 7) is 5.04. The van der Waals surface area contributed by atoms with Crippen LogP contribution in [0.1, 0.15) is 5.56 Å². The van der Waals surface area contributed by atoms with Crippen LogP contribution in [-0.2, 0) is 11.3 Å². The van der Waals surface area contributed by atoms with Crippen molar-refractivity contribution in [2.75, 3.05) is 51.3 Å². The van der Waals surface area contributed by atoms with Gasteiger partial charge in [-0.2, -0.15) is 0 Å². The van der Waals surface area contributed by atoms with Crippen molar-refractivity contribution in [2.24, 2.45) is 0 Å². The largest absolute Gasteiger partial charge is 0.496 e. The van der Waals surface area contributed by atoms with Crippen LogP contribution in [-0.4, -0.2) is 62.6 Å². The minimum Gasteiger partial charge on any atom is -0.496 e. The van der Waals surface area contributed by atoms with Crippen LogP contribution >= 0.6 is 11.6 Å². The monoisotopic (exact) mass is 390 g/mol. The number of benzene rings is 2. The Balaban J connectivity index is 1.38. The summed E-state index contributed by atoms with van der Waals surface area (Å²) in [6.07, 6.45) is -0.502. The Kier molecular flexibility index (Phi) is 7.35. The molecule has 0 unspecified atom stereocenters. The standard InChI is InChI=1S/C21H27ClN2O3/c1-26-21-8-3-2-5-17(21)15-27-16-20(25)14-23-9-11-24(12-10-23)19-7-4-6-18(22)13-19/h2-8,13,20,25H,9-12,14-16H2,1H3/t20-/m1/s1. The molecule has 146 valence electrons. The van der Waals surface area contributed by atoms with Crippen LogP contribution in [0.3, 0.4) is 0 Å². The van der Waals surface area contributed by atoms with Gasteiger partial charge in [0.05, 0.1) is 26.4 Å². The van der Waals surface area contributed by atoms with Crippen molar-refractivity contribution < 1.29 is 14.6 Å². The summed E-state index contributed by atoms with van der Waals surface area (Å²) >= 11 is 6.08. The number of ether oxygens (including phenoxy) is 2. The normalized spacial score (nSPS) is 16.3. The number of hydrogen-bond donors (Lipinski definition) is 1. The fourth-order valence-corrected chi connectivity index (χ4v) is 3.52. The van der Waals surface area contributed by atoms with E-state index < -0.39 is 6.10 Å². The minimum absolute atomic E-state index is 0.312. The number of piperazine rings is 1. The highest BCUT2D eigenvalue weighted by Gasteiger charge is 2.19. The summed E-state index contributed by atoms with van der Waals surface area (Å²) in [5, 5.41) is 11.1. The molecule has 0 saturated carbocycles. The number of hydrogen-bond acceptors (Lipinski definition) is 5. The van der Waals surface area contributed by atoms with Gasteiger partial charge >= 0.3 is 0 Å². The molecule has 1 aliphatic heterocycles. The third kappa shape index (κ3) is 5.84. The number of β-amino-alcohol motifs (C(OH)–C–C–N with tert-alkyl or cyclic N) is 1. The molecule has 1 fully saturated rings. The lowest BCUT2D eigenvalue weighted by molar-refractivity contribution is 0.00866. The number of anilines is 1. The summed E-state index contributed by atoms with van der Waals surface area (Å²) in [5.74, 6) is 0.809. The van der Waals surface area contributed by atoms with Gasteiger partial charge in [0, 0.05) is 49.0 Å². The third-order valence-corrected chi connectivity index (χ3v) is 5.01. The molecule has 0 spiro atoms. The summed E-state index contributed by atoms with van der Waals surface area (Å²) in [5.41, 5.74) is 2.14. The van der Waals surface area contributed by atoms with E-state index in [2.05, 4.69) is 15.9 Å². The first-order chi connectivity index (χ1) is 13.2. The maximum absolute atomic E-state index is 10.3. The van der Waals surface area contributed by atoms with Crippen molar-refractivity contribution in [1.29, 1.82) is 0 Å². The molecular formula is C21H27ClN2O3. The lowest BCUT2D eigenvalue weighted by Gasteiger charge is -2.36. The van der Waals surface area contributed by atoms with Gasteiger partial charge in [0.15, 0.2) is 0 Å². The number of nitrogens with zero attached hydrogens (tertiary/aromatic N) is 2. The van der Waals surface area contributed by atoms with Crippen molar-refractivity contribution >= 4 is 17.3 Å². The van der Waals surface area contributed by atoms with Crippen LogP contribution in [0.4, 0.5) is 5.69 Å². The molecular weight excluding hydrogens is 364 g/mol. The predicted octanol–water partition coefficient (Wildman–Crippen LogP) is 3.05. The van der Waals surface area contributed by atoms with Gasteiger partial charge in [-0.3, -0.25) is 4.90 Å². The molecule has 0 amide bonds. The van der Waals surface area contributed by atoms with Crippen molar-refractivity contribution in [3.63, 3.8) is 0 Å². The van der Waals surface area contributed by atoms with Crippen LogP contribution in [0, 0.1) is 0 Å². The van der Waals surface area contributed by atoms with E-state index in [0.29, 0.717) is 19.8 Å². The smallest absolute Gasteiger partial charge is 0.124 e. The molecule has 0 aliphatic carbocycles. The number of para-hydroxylation sites is 1. The fourth-order valence-electron chi connectivity index (χ4n) is 3.34. The van der Waals surface area contributed by atoms with Crippen LogP contribution in [0.15, 0.2) is 48.5 Å². The van der Waals surface area contributed by atoms with Gasteiger partial charge in [-0.05, 0) is 24.3 Å². The van der Waals surface area contributed by atoms with Gasteiger partial charge < -0.3 is 19.5 Å². The Labute approximate surface area is 166 Å². The van der Waals surface area contributed by atoms with Gasteiger partial charge in [0.1, 0.15) is 5.75 Å². The molecule has 2 aromatic carbocycles. The Morgan fingerprint density at radius 2 is 1.85 bits per heavy atom. The van der Waals surface area contributed by atoms with E-state index in [1.807, 2.05) is 42.5 Å². The number of rotatable bonds is 8. The van der Waals surface area contributed by atoms with Crippen LogP contribution in [0.2, 0.25) is 5.02 Å². The molecule has 1 heterocycles. The average Bonchev–Trinajstić information content (AvgIpc) is 2.69. The molecule has 6 heteroatoms. The molecule has 1 aliphatic rings. The molecule has 1 atom stereocenters. The Bertz CT molecular complexity index is 720. The zero-order valence-corrected chi connectivity index (χ0v) is 16.4. The van der Waals surface area contributed by atoms with Crippen LogP contribution < -0.4 is 9.64 Å². The highest BCUT2D eigenvalue weighted by atomic mass is 35.5. The summed E-state index contributed by atoms with van der Waals surface area (Å²) in [4.78, 5) is 4.60. The van der Waals surface area contributed by atoms with E-state index >= 15 is 0 Å². The highest BCUT2D eigenvalue weighted by molar-refractivity contribution is 6.30. The summed E-state index contributed by atoms with van der Waals surface area (Å²) in [7, 11) is 1.65. The van der Waals surface area contributed by atoms with Gasteiger partial charge in [-0.1, -0.05) is 35.9 Å². The van der Waals surface area contributed by atoms with E-state index in [1.54, 1.807) is 7.11 Å². The molecule has 1 saturated heterocycles. The van der Waals surface area contributed by atoms with E-state index in [-0.39, 0.29) is 0 Å². The fraction of sp³-hybridized carbons (Fsp3) is 0.429. The number of aliphatic hydroxyl groups excluding tert-OH is 1. The van der Waals surface area contributed by atoms with Crippen molar-refractivity contribution in [3.05, 3.63) is 59.1 Å². The topological polar surface area (TPSA) is 45.2 Å². The van der Waals surface area contributed by atoms with Crippen molar-refractivity contribution in [1.82, 2.24) is 4.90 Å². The predicted molar refractivity (Wildman–Crippen MR) is 109 cm³/mol. The second-order valence-electron chi connectivity index (χ2n) is 6.75.